The summed E-state index contributed by atoms with van der Waals surface area (Å²) in [5.74, 6) is 0.877. The average molecular weight is 323 g/mol. The van der Waals surface area contributed by atoms with Crippen molar-refractivity contribution < 1.29 is 0 Å². The number of hydrogen-bond donors (Lipinski definition) is 1. The zero-order chi connectivity index (χ0) is 13.2. The summed E-state index contributed by atoms with van der Waals surface area (Å²) in [5, 5.41) is 3.46. The summed E-state index contributed by atoms with van der Waals surface area (Å²) in [5.41, 5.74) is 3.08. The third-order valence-electron chi connectivity index (χ3n) is 4.72. The first kappa shape index (κ1) is 13.6. The minimum atomic E-state index is 0.627. The number of benzene rings is 1. The van der Waals surface area contributed by atoms with Crippen molar-refractivity contribution >= 4 is 15.9 Å². The molecule has 0 radical (unpaired) electrons. The summed E-state index contributed by atoms with van der Waals surface area (Å²) in [7, 11) is 2.31. The monoisotopic (exact) mass is 322 g/mol. The molecule has 1 aliphatic heterocycles. The van der Waals surface area contributed by atoms with E-state index in [1.165, 1.54) is 55.4 Å². The van der Waals surface area contributed by atoms with E-state index in [0.717, 1.165) is 5.92 Å². The number of rotatable bonds is 3. The van der Waals surface area contributed by atoms with E-state index >= 15 is 0 Å². The van der Waals surface area contributed by atoms with E-state index in [0.29, 0.717) is 6.04 Å². The number of halogens is 1. The summed E-state index contributed by atoms with van der Waals surface area (Å²) in [6.45, 7) is 3.65. The Bertz CT molecular complexity index is 440. The molecule has 0 aromatic heterocycles. The van der Waals surface area contributed by atoms with Crippen molar-refractivity contribution in [1.29, 1.82) is 0 Å². The number of nitrogens with one attached hydrogen (secondary N) is 1. The van der Waals surface area contributed by atoms with Crippen LogP contribution in [0, 0.1) is 5.92 Å². The molecule has 3 heteroatoms. The van der Waals surface area contributed by atoms with E-state index in [1.54, 1.807) is 5.56 Å². The summed E-state index contributed by atoms with van der Waals surface area (Å²) >= 11 is 3.70. The van der Waals surface area contributed by atoms with Crippen LogP contribution >= 0.6 is 15.9 Å². The van der Waals surface area contributed by atoms with Crippen LogP contribution < -0.4 is 5.32 Å². The molecule has 19 heavy (non-hydrogen) atoms. The van der Waals surface area contributed by atoms with Crippen LogP contribution in [0.25, 0.3) is 0 Å². The Morgan fingerprint density at radius 3 is 2.84 bits per heavy atom. The first-order valence-electron chi connectivity index (χ1n) is 7.44. The Balaban J connectivity index is 1.69. The van der Waals surface area contributed by atoms with E-state index in [1.807, 2.05) is 0 Å². The second-order valence-electron chi connectivity index (χ2n) is 6.00. The molecule has 0 amide bonds. The molecule has 0 saturated carbocycles. The zero-order valence-corrected chi connectivity index (χ0v) is 13.2. The molecule has 3 rings (SSSR count). The Kier molecular flexibility index (Phi) is 4.25. The van der Waals surface area contributed by atoms with Crippen molar-refractivity contribution in [1.82, 2.24) is 10.2 Å². The number of nitrogens with zero attached hydrogens (tertiary/aromatic N) is 1. The van der Waals surface area contributed by atoms with E-state index in [4.69, 9.17) is 0 Å². The molecule has 1 aromatic carbocycles. The molecule has 1 saturated heterocycles. The largest absolute Gasteiger partial charge is 0.317 e. The molecule has 2 nitrogen and oxygen atoms in total. The summed E-state index contributed by atoms with van der Waals surface area (Å²) in [4.78, 5) is 2.59. The topological polar surface area (TPSA) is 15.3 Å². The molecule has 1 aliphatic carbocycles. The molecule has 1 heterocycles. The normalized spacial score (nSPS) is 23.8. The minimum absolute atomic E-state index is 0.627. The van der Waals surface area contributed by atoms with Crippen LogP contribution in [0.3, 0.4) is 0 Å². The van der Waals surface area contributed by atoms with Crippen molar-refractivity contribution in [2.24, 2.45) is 5.92 Å². The number of hydrogen-bond acceptors (Lipinski definition) is 2. The van der Waals surface area contributed by atoms with Crippen molar-refractivity contribution in [3.8, 4) is 0 Å². The maximum Gasteiger partial charge on any atom is 0.0351 e. The van der Waals surface area contributed by atoms with Gasteiger partial charge in [0.1, 0.15) is 0 Å². The van der Waals surface area contributed by atoms with E-state index in [-0.39, 0.29) is 0 Å². The molecule has 1 fully saturated rings. The lowest BCUT2D eigenvalue weighted by Crippen LogP contribution is -2.35. The van der Waals surface area contributed by atoms with Gasteiger partial charge >= 0.3 is 0 Å². The van der Waals surface area contributed by atoms with Crippen LogP contribution in [0.15, 0.2) is 22.7 Å². The number of piperidine rings is 1. The highest BCUT2D eigenvalue weighted by Crippen LogP contribution is 2.39. The molecule has 1 N–H and O–H groups in total. The smallest absolute Gasteiger partial charge is 0.0351 e. The zero-order valence-electron chi connectivity index (χ0n) is 11.7. The van der Waals surface area contributed by atoms with Gasteiger partial charge in [0.2, 0.25) is 0 Å². The Morgan fingerprint density at radius 2 is 2.05 bits per heavy atom. The molecule has 1 aromatic rings. The minimum Gasteiger partial charge on any atom is -0.317 e. The molecular weight excluding hydrogens is 300 g/mol. The fourth-order valence-electron chi connectivity index (χ4n) is 3.64. The Hall–Kier alpha value is -0.380. The van der Waals surface area contributed by atoms with Crippen molar-refractivity contribution in [2.45, 2.75) is 31.7 Å². The highest BCUT2D eigenvalue weighted by Gasteiger charge is 2.28. The van der Waals surface area contributed by atoms with Gasteiger partial charge in [0.15, 0.2) is 0 Å². The van der Waals surface area contributed by atoms with Crippen LogP contribution in [0.5, 0.6) is 0 Å². The SMILES string of the molecule is CN(CC1CCNCC1)C1CCc2c(Br)cccc21. The lowest BCUT2D eigenvalue weighted by atomic mass is 9.96. The van der Waals surface area contributed by atoms with Crippen LogP contribution in [0.1, 0.15) is 36.4 Å². The Morgan fingerprint density at radius 1 is 1.26 bits per heavy atom. The van der Waals surface area contributed by atoms with Crippen molar-refractivity contribution in [3.63, 3.8) is 0 Å². The van der Waals surface area contributed by atoms with Gasteiger partial charge in [-0.05, 0) is 68.9 Å². The van der Waals surface area contributed by atoms with E-state index in [2.05, 4.69) is 51.4 Å². The Labute approximate surface area is 124 Å². The summed E-state index contributed by atoms with van der Waals surface area (Å²) < 4.78 is 1.29. The molecule has 2 aliphatic rings. The molecule has 1 unspecified atom stereocenters. The third-order valence-corrected chi connectivity index (χ3v) is 5.46. The van der Waals surface area contributed by atoms with Crippen molar-refractivity contribution in [2.75, 3.05) is 26.7 Å². The van der Waals surface area contributed by atoms with Crippen LogP contribution in [0.4, 0.5) is 0 Å². The summed E-state index contributed by atoms with van der Waals surface area (Å²) in [6, 6.07) is 7.30. The van der Waals surface area contributed by atoms with Gasteiger partial charge in [0, 0.05) is 17.1 Å². The molecule has 0 spiro atoms. The van der Waals surface area contributed by atoms with Gasteiger partial charge in [0.05, 0.1) is 0 Å². The first-order valence-corrected chi connectivity index (χ1v) is 8.23. The average Bonchev–Trinajstić information content (AvgIpc) is 2.85. The lowest BCUT2D eigenvalue weighted by Gasteiger charge is -2.31. The fourth-order valence-corrected chi connectivity index (χ4v) is 4.22. The van der Waals surface area contributed by atoms with Gasteiger partial charge in [-0.15, -0.1) is 0 Å². The first-order chi connectivity index (χ1) is 9.25. The van der Waals surface area contributed by atoms with Crippen LogP contribution in [0.2, 0.25) is 0 Å². The highest BCUT2D eigenvalue weighted by molar-refractivity contribution is 9.10. The predicted molar refractivity (Wildman–Crippen MR) is 83.4 cm³/mol. The predicted octanol–water partition coefficient (Wildman–Crippen LogP) is 3.37. The van der Waals surface area contributed by atoms with Gasteiger partial charge in [0.25, 0.3) is 0 Å². The van der Waals surface area contributed by atoms with E-state index in [9.17, 15) is 0 Å². The second-order valence-corrected chi connectivity index (χ2v) is 6.85. The van der Waals surface area contributed by atoms with Crippen LogP contribution in [-0.4, -0.2) is 31.6 Å². The quantitative estimate of drug-likeness (QED) is 0.917. The van der Waals surface area contributed by atoms with Gasteiger partial charge in [-0.2, -0.15) is 0 Å². The van der Waals surface area contributed by atoms with Crippen molar-refractivity contribution in [3.05, 3.63) is 33.8 Å². The fraction of sp³-hybridized carbons (Fsp3) is 0.625. The maximum atomic E-state index is 3.70. The molecule has 104 valence electrons. The lowest BCUT2D eigenvalue weighted by molar-refractivity contribution is 0.186. The molecule has 1 atom stereocenters. The van der Waals surface area contributed by atoms with Gasteiger partial charge in [-0.25, -0.2) is 0 Å². The van der Waals surface area contributed by atoms with Gasteiger partial charge < -0.3 is 5.32 Å². The van der Waals surface area contributed by atoms with Gasteiger partial charge in [-0.3, -0.25) is 4.90 Å². The van der Waals surface area contributed by atoms with Crippen LogP contribution in [-0.2, 0) is 6.42 Å². The van der Waals surface area contributed by atoms with E-state index < -0.39 is 0 Å². The van der Waals surface area contributed by atoms with Gasteiger partial charge in [-0.1, -0.05) is 28.1 Å². The molecule has 0 bridgehead atoms. The molecular formula is C16H23BrN2. The standard InChI is InChI=1S/C16H23BrN2/c1-19(11-12-7-9-18-10-8-12)16-6-5-13-14(16)3-2-4-15(13)17/h2-4,12,16,18H,5-11H2,1H3. The third kappa shape index (κ3) is 2.88. The second kappa shape index (κ2) is 5.94. The summed E-state index contributed by atoms with van der Waals surface area (Å²) in [6.07, 6.45) is 5.17. The maximum absolute atomic E-state index is 3.70. The highest BCUT2D eigenvalue weighted by atomic mass is 79.9. The number of fused-ring (bicyclic) bond motifs is 1.